The van der Waals surface area contributed by atoms with Crippen molar-refractivity contribution < 1.29 is 19.3 Å². The molecule has 6 heteroatoms. The quantitative estimate of drug-likeness (QED) is 0.697. The highest BCUT2D eigenvalue weighted by Gasteiger charge is 2.19. The van der Waals surface area contributed by atoms with E-state index in [1.807, 2.05) is 12.1 Å². The molecule has 0 amide bonds. The molecule has 1 N–H and O–H groups in total. The Morgan fingerprint density at radius 1 is 1.18 bits per heavy atom. The first-order valence-electron chi connectivity index (χ1n) is 10.6. The number of aliphatic hydroxyl groups is 1. The van der Waals surface area contributed by atoms with Crippen LogP contribution in [0, 0.1) is 0 Å². The summed E-state index contributed by atoms with van der Waals surface area (Å²) in [7, 11) is 3.82. The van der Waals surface area contributed by atoms with Gasteiger partial charge in [-0.1, -0.05) is 12.5 Å². The number of β-amino-alcohol motifs (C(OH)–C–C–N with tert-alkyl or cyclic N) is 1. The molecular formula is C22H36N2O4. The van der Waals surface area contributed by atoms with Crippen LogP contribution >= 0.6 is 0 Å². The number of hydrogen-bond donors (Lipinski definition) is 1. The van der Waals surface area contributed by atoms with E-state index in [9.17, 15) is 5.11 Å². The molecule has 2 saturated heterocycles. The van der Waals surface area contributed by atoms with Gasteiger partial charge in [-0.05, 0) is 63.5 Å². The summed E-state index contributed by atoms with van der Waals surface area (Å²) in [6.45, 7) is 5.67. The van der Waals surface area contributed by atoms with Crippen molar-refractivity contribution in [2.75, 3.05) is 53.6 Å². The van der Waals surface area contributed by atoms with Crippen LogP contribution in [0.5, 0.6) is 11.5 Å². The molecule has 0 radical (unpaired) electrons. The second-order valence-corrected chi connectivity index (χ2v) is 8.07. The van der Waals surface area contributed by atoms with Crippen molar-refractivity contribution >= 4 is 0 Å². The van der Waals surface area contributed by atoms with Gasteiger partial charge in [0.25, 0.3) is 0 Å². The number of nitrogens with zero attached hydrogens (tertiary/aromatic N) is 2. The lowest BCUT2D eigenvalue weighted by molar-refractivity contribution is 0.0406. The first-order valence-corrected chi connectivity index (χ1v) is 10.6. The van der Waals surface area contributed by atoms with Crippen LogP contribution in [0.15, 0.2) is 18.2 Å². The first-order chi connectivity index (χ1) is 13.7. The van der Waals surface area contributed by atoms with Crippen LogP contribution in [-0.4, -0.2) is 80.7 Å². The van der Waals surface area contributed by atoms with Crippen molar-refractivity contribution in [3.8, 4) is 11.5 Å². The van der Waals surface area contributed by atoms with Gasteiger partial charge in [-0.25, -0.2) is 0 Å². The van der Waals surface area contributed by atoms with Crippen molar-refractivity contribution in [3.63, 3.8) is 0 Å². The van der Waals surface area contributed by atoms with Crippen molar-refractivity contribution in [1.82, 2.24) is 9.80 Å². The SMILES string of the molecule is COc1ccc(CN(C)C2CCOCC2)cc1OC[C@H](O)CN1CCCCC1. The molecule has 6 nitrogen and oxygen atoms in total. The Hall–Kier alpha value is -1.34. The van der Waals surface area contributed by atoms with E-state index in [4.69, 9.17) is 14.2 Å². The Morgan fingerprint density at radius 2 is 1.93 bits per heavy atom. The number of rotatable bonds is 9. The Morgan fingerprint density at radius 3 is 2.64 bits per heavy atom. The minimum Gasteiger partial charge on any atom is -0.493 e. The van der Waals surface area contributed by atoms with Gasteiger partial charge < -0.3 is 24.2 Å². The van der Waals surface area contributed by atoms with E-state index >= 15 is 0 Å². The molecule has 1 atom stereocenters. The molecule has 158 valence electrons. The van der Waals surface area contributed by atoms with E-state index in [1.54, 1.807) is 7.11 Å². The maximum Gasteiger partial charge on any atom is 0.161 e. The molecule has 2 heterocycles. The minimum absolute atomic E-state index is 0.284. The third-order valence-electron chi connectivity index (χ3n) is 5.82. The summed E-state index contributed by atoms with van der Waals surface area (Å²) in [5.41, 5.74) is 1.19. The fourth-order valence-corrected chi connectivity index (χ4v) is 4.15. The summed E-state index contributed by atoms with van der Waals surface area (Å²) in [6.07, 6.45) is 5.43. The van der Waals surface area contributed by atoms with Gasteiger partial charge in [0.1, 0.15) is 12.7 Å². The molecule has 2 aliphatic heterocycles. The lowest BCUT2D eigenvalue weighted by Crippen LogP contribution is -2.38. The Balaban J connectivity index is 1.54. The highest BCUT2D eigenvalue weighted by Crippen LogP contribution is 2.29. The summed E-state index contributed by atoms with van der Waals surface area (Å²) in [6, 6.07) is 6.65. The molecule has 0 aliphatic carbocycles. The van der Waals surface area contributed by atoms with Gasteiger partial charge in [0.05, 0.1) is 7.11 Å². The summed E-state index contributed by atoms with van der Waals surface area (Å²) < 4.78 is 16.9. The van der Waals surface area contributed by atoms with Crippen molar-refractivity contribution in [3.05, 3.63) is 23.8 Å². The molecular weight excluding hydrogens is 356 g/mol. The van der Waals surface area contributed by atoms with E-state index in [0.717, 1.165) is 45.7 Å². The van der Waals surface area contributed by atoms with Crippen LogP contribution in [0.1, 0.15) is 37.7 Å². The number of ether oxygens (including phenoxy) is 3. The van der Waals surface area contributed by atoms with Crippen LogP contribution in [0.2, 0.25) is 0 Å². The largest absolute Gasteiger partial charge is 0.493 e. The second kappa shape index (κ2) is 11.0. The van der Waals surface area contributed by atoms with Gasteiger partial charge in [-0.2, -0.15) is 0 Å². The van der Waals surface area contributed by atoms with E-state index in [2.05, 4.69) is 22.9 Å². The van der Waals surface area contributed by atoms with Gasteiger partial charge in [-0.3, -0.25) is 4.90 Å². The van der Waals surface area contributed by atoms with E-state index < -0.39 is 6.10 Å². The fourth-order valence-electron chi connectivity index (χ4n) is 4.15. The number of likely N-dealkylation sites (tertiary alicyclic amines) is 1. The lowest BCUT2D eigenvalue weighted by atomic mass is 10.1. The highest BCUT2D eigenvalue weighted by molar-refractivity contribution is 5.43. The Labute approximate surface area is 169 Å². The summed E-state index contributed by atoms with van der Waals surface area (Å²) in [5.74, 6) is 1.42. The van der Waals surface area contributed by atoms with Crippen LogP contribution in [0.25, 0.3) is 0 Å². The minimum atomic E-state index is -0.489. The van der Waals surface area contributed by atoms with Gasteiger partial charge in [0.15, 0.2) is 11.5 Å². The maximum atomic E-state index is 10.4. The molecule has 3 rings (SSSR count). The van der Waals surface area contributed by atoms with Crippen LogP contribution in [0.4, 0.5) is 0 Å². The predicted octanol–water partition coefficient (Wildman–Crippen LogP) is 2.53. The molecule has 2 aliphatic rings. The normalized spacial score (nSPS) is 20.3. The third kappa shape index (κ3) is 6.34. The summed E-state index contributed by atoms with van der Waals surface area (Å²) in [5, 5.41) is 10.4. The number of piperidine rings is 1. The summed E-state index contributed by atoms with van der Waals surface area (Å²) in [4.78, 5) is 4.72. The molecule has 0 spiro atoms. The highest BCUT2D eigenvalue weighted by atomic mass is 16.5. The Kier molecular flexibility index (Phi) is 8.40. The second-order valence-electron chi connectivity index (χ2n) is 8.07. The van der Waals surface area contributed by atoms with Crippen molar-refractivity contribution in [2.45, 2.75) is 50.8 Å². The molecule has 0 aromatic heterocycles. The first kappa shape index (κ1) is 21.4. The average molecular weight is 393 g/mol. The molecule has 1 aromatic carbocycles. The summed E-state index contributed by atoms with van der Waals surface area (Å²) >= 11 is 0. The van der Waals surface area contributed by atoms with E-state index in [1.165, 1.54) is 24.8 Å². The zero-order valence-electron chi connectivity index (χ0n) is 17.4. The maximum absolute atomic E-state index is 10.4. The molecule has 2 fully saturated rings. The molecule has 1 aromatic rings. The van der Waals surface area contributed by atoms with Crippen LogP contribution in [-0.2, 0) is 11.3 Å². The zero-order valence-corrected chi connectivity index (χ0v) is 17.4. The topological polar surface area (TPSA) is 54.4 Å². The number of aliphatic hydroxyl groups excluding tert-OH is 1. The van der Waals surface area contributed by atoms with Gasteiger partial charge in [0.2, 0.25) is 0 Å². The van der Waals surface area contributed by atoms with Gasteiger partial charge >= 0.3 is 0 Å². The fraction of sp³-hybridized carbons (Fsp3) is 0.727. The lowest BCUT2D eigenvalue weighted by Gasteiger charge is -2.31. The molecule has 28 heavy (non-hydrogen) atoms. The predicted molar refractivity (Wildman–Crippen MR) is 110 cm³/mol. The average Bonchev–Trinajstić information content (AvgIpc) is 2.73. The van der Waals surface area contributed by atoms with Crippen LogP contribution in [0.3, 0.4) is 0 Å². The molecule has 0 saturated carbocycles. The Bertz CT molecular complexity index is 586. The van der Waals surface area contributed by atoms with E-state index in [-0.39, 0.29) is 6.61 Å². The standard InChI is InChI=1S/C22H36N2O4/c1-23(19-8-12-27-13-9-19)15-18-6-7-21(26-2)22(14-18)28-17-20(25)16-24-10-4-3-5-11-24/h6-7,14,19-20,25H,3-5,8-13,15-17H2,1-2H3/t20-/m1/s1. The van der Waals surface area contributed by atoms with Crippen LogP contribution < -0.4 is 9.47 Å². The van der Waals surface area contributed by atoms with E-state index in [0.29, 0.717) is 24.1 Å². The number of hydrogen-bond acceptors (Lipinski definition) is 6. The van der Waals surface area contributed by atoms with Crippen molar-refractivity contribution in [2.24, 2.45) is 0 Å². The number of benzene rings is 1. The monoisotopic (exact) mass is 392 g/mol. The van der Waals surface area contributed by atoms with Gasteiger partial charge in [-0.15, -0.1) is 0 Å². The molecule has 0 unspecified atom stereocenters. The third-order valence-corrected chi connectivity index (χ3v) is 5.82. The van der Waals surface area contributed by atoms with Crippen molar-refractivity contribution in [1.29, 1.82) is 0 Å². The van der Waals surface area contributed by atoms with Gasteiger partial charge in [0, 0.05) is 32.3 Å². The smallest absolute Gasteiger partial charge is 0.161 e. The zero-order chi connectivity index (χ0) is 19.8. The molecule has 0 bridgehead atoms. The number of methoxy groups -OCH3 is 1.